The second kappa shape index (κ2) is 11.6. The average molecular weight is 549 g/mol. The molecule has 38 heavy (non-hydrogen) atoms. The van der Waals surface area contributed by atoms with Crippen LogP contribution in [0.15, 0.2) is 42.7 Å². The Morgan fingerprint density at radius 2 is 2.00 bits per heavy atom. The molecule has 1 unspecified atom stereocenters. The van der Waals surface area contributed by atoms with Crippen molar-refractivity contribution in [2.75, 3.05) is 39.4 Å². The molecule has 0 aliphatic carbocycles. The van der Waals surface area contributed by atoms with E-state index in [1.165, 1.54) is 11.0 Å². The monoisotopic (exact) mass is 548 g/mol. The summed E-state index contributed by atoms with van der Waals surface area (Å²) in [6.07, 6.45) is 1.39. The fraction of sp³-hybridized carbons (Fsp3) is 0.519. The van der Waals surface area contributed by atoms with Crippen LogP contribution in [0.2, 0.25) is 0 Å². The van der Waals surface area contributed by atoms with Crippen LogP contribution >= 0.6 is 11.8 Å². The lowest BCUT2D eigenvalue weighted by molar-refractivity contribution is -0.137. The van der Waals surface area contributed by atoms with Crippen LogP contribution < -0.4 is 5.32 Å². The van der Waals surface area contributed by atoms with Crippen molar-refractivity contribution in [3.63, 3.8) is 0 Å². The van der Waals surface area contributed by atoms with E-state index in [1.54, 1.807) is 18.0 Å². The minimum atomic E-state index is -4.53. The topological polar surface area (TPSA) is 74.8 Å². The Morgan fingerprint density at radius 3 is 2.74 bits per heavy atom. The number of thioether (sulfide) groups is 1. The van der Waals surface area contributed by atoms with E-state index >= 15 is 0 Å². The molecule has 2 atom stereocenters. The zero-order chi connectivity index (χ0) is 26.7. The first-order valence-corrected chi connectivity index (χ1v) is 13.9. The number of nitrogens with one attached hydrogen (secondary N) is 1. The van der Waals surface area contributed by atoms with Gasteiger partial charge in [0, 0.05) is 67.8 Å². The van der Waals surface area contributed by atoms with Gasteiger partial charge in [-0.1, -0.05) is 12.1 Å². The summed E-state index contributed by atoms with van der Waals surface area (Å²) < 4.78 is 45.1. The largest absolute Gasteiger partial charge is 0.416 e. The molecule has 3 aliphatic rings. The summed E-state index contributed by atoms with van der Waals surface area (Å²) >= 11 is 1.78. The third-order valence-corrected chi connectivity index (χ3v) is 8.88. The fourth-order valence-corrected chi connectivity index (χ4v) is 6.68. The van der Waals surface area contributed by atoms with Crippen molar-refractivity contribution in [1.82, 2.24) is 20.1 Å². The molecule has 7 nitrogen and oxygen atoms in total. The Morgan fingerprint density at radius 1 is 1.18 bits per heavy atom. The summed E-state index contributed by atoms with van der Waals surface area (Å²) in [7, 11) is 0. The molecule has 3 aliphatic heterocycles. The van der Waals surface area contributed by atoms with Crippen LogP contribution in [0, 0.1) is 0 Å². The van der Waals surface area contributed by atoms with Gasteiger partial charge in [0.15, 0.2) is 0 Å². The summed E-state index contributed by atoms with van der Waals surface area (Å²) in [5.74, 6) is -0.0556. The molecule has 204 valence electrons. The molecular formula is C27H31F3N4O3S. The van der Waals surface area contributed by atoms with Gasteiger partial charge in [0.25, 0.3) is 5.91 Å². The molecule has 5 rings (SSSR count). The zero-order valence-electron chi connectivity index (χ0n) is 21.0. The van der Waals surface area contributed by atoms with Crippen molar-refractivity contribution in [3.05, 3.63) is 65.0 Å². The number of hydrogen-bond donors (Lipinski definition) is 1. The second-order valence-corrected chi connectivity index (χ2v) is 11.3. The molecule has 2 aromatic rings. The van der Waals surface area contributed by atoms with E-state index < -0.39 is 17.6 Å². The smallest absolute Gasteiger partial charge is 0.381 e. The number of benzene rings is 1. The lowest BCUT2D eigenvalue weighted by Crippen LogP contribution is -2.49. The summed E-state index contributed by atoms with van der Waals surface area (Å²) in [6, 6.07) is 7.51. The molecule has 2 fully saturated rings. The number of rotatable bonds is 7. The van der Waals surface area contributed by atoms with E-state index in [1.807, 2.05) is 18.3 Å². The van der Waals surface area contributed by atoms with Crippen LogP contribution in [0.3, 0.4) is 0 Å². The zero-order valence-corrected chi connectivity index (χ0v) is 21.8. The van der Waals surface area contributed by atoms with E-state index in [2.05, 4.69) is 15.2 Å². The number of carbonyl (C=O) groups excluding carboxylic acids is 2. The van der Waals surface area contributed by atoms with E-state index in [4.69, 9.17) is 4.74 Å². The van der Waals surface area contributed by atoms with E-state index in [0.717, 1.165) is 56.0 Å². The van der Waals surface area contributed by atoms with Gasteiger partial charge in [0.2, 0.25) is 5.91 Å². The highest BCUT2D eigenvalue weighted by Crippen LogP contribution is 2.33. The molecule has 11 heteroatoms. The van der Waals surface area contributed by atoms with Gasteiger partial charge in [-0.2, -0.15) is 24.9 Å². The first-order valence-electron chi connectivity index (χ1n) is 12.9. The second-order valence-electron chi connectivity index (χ2n) is 10.0. The Balaban J connectivity index is 1.23. The molecule has 4 heterocycles. The van der Waals surface area contributed by atoms with Crippen molar-refractivity contribution >= 4 is 23.6 Å². The summed E-state index contributed by atoms with van der Waals surface area (Å²) in [5.41, 5.74) is 0.858. The summed E-state index contributed by atoms with van der Waals surface area (Å²) in [6.45, 7) is 3.15. The molecule has 0 bridgehead atoms. The lowest BCUT2D eigenvalue weighted by atomic mass is 9.96. The Kier molecular flexibility index (Phi) is 8.25. The number of halogens is 3. The lowest BCUT2D eigenvalue weighted by Gasteiger charge is -2.31. The van der Waals surface area contributed by atoms with Crippen LogP contribution in [0.4, 0.5) is 13.2 Å². The maximum absolute atomic E-state index is 13.2. The molecule has 2 saturated heterocycles. The quantitative estimate of drug-likeness (QED) is 0.572. The van der Waals surface area contributed by atoms with Gasteiger partial charge in [0.05, 0.1) is 18.2 Å². The maximum Gasteiger partial charge on any atom is 0.416 e. The van der Waals surface area contributed by atoms with E-state index in [9.17, 15) is 22.8 Å². The average Bonchev–Trinajstić information content (AvgIpc) is 3.32. The predicted octanol–water partition coefficient (Wildman–Crippen LogP) is 3.38. The van der Waals surface area contributed by atoms with Crippen molar-refractivity contribution in [2.24, 2.45) is 0 Å². The standard InChI is InChI=1S/C27H31F3N4O3S/c28-27(29,30)20-4-3-19-5-9-33(26(36)22(19)12-20)16-25(35)32-23-14-34(21-6-10-37-11-7-21)15-24(23)38-17-18-2-1-8-31-13-18/h1-4,8,12-13,21,23-24H,5-7,9-11,14-17H2,(H,32,35)/t23?,24-/m0/s1. The van der Waals surface area contributed by atoms with Crippen LogP contribution in [-0.4, -0.2) is 83.3 Å². The van der Waals surface area contributed by atoms with Gasteiger partial charge < -0.3 is 15.0 Å². The number of likely N-dealkylation sites (tertiary alicyclic amines) is 1. The van der Waals surface area contributed by atoms with Gasteiger partial charge in [-0.05, 0) is 48.6 Å². The number of pyridine rings is 1. The number of hydrogen-bond acceptors (Lipinski definition) is 6. The van der Waals surface area contributed by atoms with Gasteiger partial charge in [-0.3, -0.25) is 19.5 Å². The highest BCUT2D eigenvalue weighted by atomic mass is 32.2. The van der Waals surface area contributed by atoms with Crippen molar-refractivity contribution < 1.29 is 27.5 Å². The third kappa shape index (κ3) is 6.32. The minimum absolute atomic E-state index is 0.0235. The Hall–Kier alpha value is -2.63. The highest BCUT2D eigenvalue weighted by Gasteiger charge is 2.38. The number of ether oxygens (including phenoxy) is 1. The van der Waals surface area contributed by atoms with Gasteiger partial charge in [-0.15, -0.1) is 0 Å². The number of carbonyl (C=O) groups is 2. The SMILES string of the molecule is O=C(CN1CCc2ccc(C(F)(F)F)cc2C1=O)NC1CN(C2CCOCC2)C[C@@H]1SCc1cccnc1. The number of fused-ring (bicyclic) bond motifs is 1. The van der Waals surface area contributed by atoms with Gasteiger partial charge in [0.1, 0.15) is 0 Å². The van der Waals surface area contributed by atoms with Crippen LogP contribution in [-0.2, 0) is 27.9 Å². The van der Waals surface area contributed by atoms with E-state index in [-0.39, 0.29) is 29.3 Å². The molecule has 0 spiro atoms. The first kappa shape index (κ1) is 27.0. The Labute approximate surface area is 224 Å². The minimum Gasteiger partial charge on any atom is -0.381 e. The van der Waals surface area contributed by atoms with Crippen LogP contribution in [0.1, 0.15) is 39.9 Å². The predicted molar refractivity (Wildman–Crippen MR) is 138 cm³/mol. The van der Waals surface area contributed by atoms with Crippen LogP contribution in [0.5, 0.6) is 0 Å². The van der Waals surface area contributed by atoms with Crippen LogP contribution in [0.25, 0.3) is 0 Å². The van der Waals surface area contributed by atoms with Gasteiger partial charge >= 0.3 is 6.18 Å². The molecule has 1 aromatic carbocycles. The maximum atomic E-state index is 13.2. The number of amides is 2. The first-order chi connectivity index (χ1) is 18.3. The number of alkyl halides is 3. The molecule has 2 amide bonds. The summed E-state index contributed by atoms with van der Waals surface area (Å²) in [4.78, 5) is 34.1. The molecule has 0 saturated carbocycles. The van der Waals surface area contributed by atoms with E-state index in [0.29, 0.717) is 31.1 Å². The fourth-order valence-electron chi connectivity index (χ4n) is 5.42. The molecule has 1 aromatic heterocycles. The normalized spacial score (nSPS) is 22.9. The number of nitrogens with zero attached hydrogens (tertiary/aromatic N) is 3. The van der Waals surface area contributed by atoms with Crippen molar-refractivity contribution in [1.29, 1.82) is 0 Å². The number of aromatic nitrogens is 1. The summed E-state index contributed by atoms with van der Waals surface area (Å²) in [5, 5.41) is 3.30. The molecular weight excluding hydrogens is 517 g/mol. The molecule has 1 N–H and O–H groups in total. The van der Waals surface area contributed by atoms with Crippen molar-refractivity contribution in [3.8, 4) is 0 Å². The highest BCUT2D eigenvalue weighted by molar-refractivity contribution is 7.99. The van der Waals surface area contributed by atoms with Gasteiger partial charge in [-0.25, -0.2) is 0 Å². The Bertz CT molecular complexity index is 1140. The third-order valence-electron chi connectivity index (χ3n) is 7.48. The van der Waals surface area contributed by atoms with Crippen molar-refractivity contribution in [2.45, 2.75) is 48.5 Å². The molecule has 0 radical (unpaired) electrons.